The Morgan fingerprint density at radius 2 is 2.05 bits per heavy atom. The van der Waals surface area contributed by atoms with Crippen molar-refractivity contribution in [2.75, 3.05) is 0 Å². The van der Waals surface area contributed by atoms with Crippen molar-refractivity contribution in [3.63, 3.8) is 0 Å². The summed E-state index contributed by atoms with van der Waals surface area (Å²) >= 11 is 0. The third-order valence-electron chi connectivity index (χ3n) is 3.47. The number of aromatic nitrogens is 4. The second-order valence-electron chi connectivity index (χ2n) is 4.95. The van der Waals surface area contributed by atoms with Gasteiger partial charge in [0.2, 0.25) is 0 Å². The molecule has 0 fully saturated rings. The monoisotopic (exact) mass is 296 g/mol. The minimum Gasteiger partial charge on any atom is -0.478 e. The largest absolute Gasteiger partial charge is 0.478 e. The van der Waals surface area contributed by atoms with Crippen LogP contribution in [0.5, 0.6) is 0 Å². The average molecular weight is 296 g/mol. The van der Waals surface area contributed by atoms with Crippen molar-refractivity contribution in [1.29, 1.82) is 0 Å². The van der Waals surface area contributed by atoms with Crippen LogP contribution in [-0.4, -0.2) is 30.6 Å². The Morgan fingerprint density at radius 3 is 2.77 bits per heavy atom. The topological polar surface area (TPSA) is 72.9 Å². The lowest BCUT2D eigenvalue weighted by molar-refractivity contribution is 0.0695. The van der Waals surface area contributed by atoms with E-state index >= 15 is 0 Å². The minimum atomic E-state index is -0.924. The van der Waals surface area contributed by atoms with E-state index in [0.717, 1.165) is 23.4 Å². The summed E-state index contributed by atoms with van der Waals surface area (Å²) in [6.45, 7) is 3.26. The van der Waals surface area contributed by atoms with Gasteiger partial charge in [-0.15, -0.1) is 0 Å². The normalized spacial score (nSPS) is 10.8. The van der Waals surface area contributed by atoms with Crippen LogP contribution in [0.25, 0.3) is 11.3 Å². The van der Waals surface area contributed by atoms with Crippen molar-refractivity contribution in [2.45, 2.75) is 20.0 Å². The zero-order chi connectivity index (χ0) is 15.5. The number of hydrogen-bond acceptors (Lipinski definition) is 3. The summed E-state index contributed by atoms with van der Waals surface area (Å²) in [6.07, 6.45) is 5.57. The van der Waals surface area contributed by atoms with E-state index in [1.165, 1.54) is 0 Å². The Hall–Kier alpha value is -2.89. The highest BCUT2D eigenvalue weighted by Gasteiger charge is 2.11. The number of rotatable bonds is 5. The molecule has 0 amide bonds. The van der Waals surface area contributed by atoms with Crippen LogP contribution >= 0.6 is 0 Å². The van der Waals surface area contributed by atoms with E-state index in [-0.39, 0.29) is 0 Å². The molecule has 0 aliphatic heterocycles. The van der Waals surface area contributed by atoms with E-state index in [2.05, 4.69) is 10.2 Å². The molecule has 0 saturated carbocycles. The standard InChI is InChI=1S/C16H16N4O2/c1-2-19-11-13(9-17-19)15-7-8-20(18-15)10-12-5-3-4-6-14(12)16(21)22/h3-9,11H,2,10H2,1H3,(H,21,22). The predicted octanol–water partition coefficient (Wildman–Crippen LogP) is 2.51. The van der Waals surface area contributed by atoms with E-state index in [0.29, 0.717) is 12.1 Å². The number of carboxylic acid groups (broad SMARTS) is 1. The number of carboxylic acids is 1. The van der Waals surface area contributed by atoms with Crippen LogP contribution in [0.15, 0.2) is 48.9 Å². The van der Waals surface area contributed by atoms with Gasteiger partial charge >= 0.3 is 5.97 Å². The van der Waals surface area contributed by atoms with Crippen LogP contribution in [0.4, 0.5) is 0 Å². The first-order valence-corrected chi connectivity index (χ1v) is 7.05. The number of aryl methyl sites for hydroxylation is 1. The second-order valence-corrected chi connectivity index (χ2v) is 4.95. The molecule has 112 valence electrons. The zero-order valence-electron chi connectivity index (χ0n) is 12.2. The Labute approximate surface area is 127 Å². The van der Waals surface area contributed by atoms with Gasteiger partial charge in [-0.3, -0.25) is 9.36 Å². The van der Waals surface area contributed by atoms with Crippen LogP contribution in [0, 0.1) is 0 Å². The fraction of sp³-hybridized carbons (Fsp3) is 0.188. The molecule has 22 heavy (non-hydrogen) atoms. The lowest BCUT2D eigenvalue weighted by atomic mass is 10.1. The van der Waals surface area contributed by atoms with Gasteiger partial charge < -0.3 is 5.11 Å². The van der Waals surface area contributed by atoms with Crippen molar-refractivity contribution in [3.8, 4) is 11.3 Å². The Kier molecular flexibility index (Phi) is 3.74. The summed E-state index contributed by atoms with van der Waals surface area (Å²) in [5.74, 6) is -0.924. The molecule has 1 aromatic carbocycles. The molecule has 0 bridgehead atoms. The van der Waals surface area contributed by atoms with Gasteiger partial charge in [-0.2, -0.15) is 10.2 Å². The quantitative estimate of drug-likeness (QED) is 0.785. The Bertz CT molecular complexity index is 804. The molecule has 6 heteroatoms. The molecular formula is C16H16N4O2. The van der Waals surface area contributed by atoms with Gasteiger partial charge in [-0.25, -0.2) is 4.79 Å². The van der Waals surface area contributed by atoms with Crippen molar-refractivity contribution < 1.29 is 9.90 Å². The summed E-state index contributed by atoms with van der Waals surface area (Å²) < 4.78 is 3.58. The summed E-state index contributed by atoms with van der Waals surface area (Å²) in [6, 6.07) is 8.87. The number of hydrogen-bond donors (Lipinski definition) is 1. The molecule has 0 radical (unpaired) electrons. The summed E-state index contributed by atoms with van der Waals surface area (Å²) in [5, 5.41) is 17.9. The van der Waals surface area contributed by atoms with Crippen LogP contribution in [-0.2, 0) is 13.1 Å². The summed E-state index contributed by atoms with van der Waals surface area (Å²) in [5.41, 5.74) is 2.81. The van der Waals surface area contributed by atoms with E-state index in [9.17, 15) is 9.90 Å². The van der Waals surface area contributed by atoms with Gasteiger partial charge in [0.15, 0.2) is 0 Å². The molecule has 2 aromatic heterocycles. The second kappa shape index (κ2) is 5.85. The van der Waals surface area contributed by atoms with Gasteiger partial charge in [0.1, 0.15) is 0 Å². The highest BCUT2D eigenvalue weighted by molar-refractivity contribution is 5.89. The summed E-state index contributed by atoms with van der Waals surface area (Å²) in [4.78, 5) is 11.2. The molecule has 0 atom stereocenters. The molecule has 0 aliphatic carbocycles. The third kappa shape index (κ3) is 2.76. The van der Waals surface area contributed by atoms with E-state index in [1.54, 1.807) is 29.1 Å². The van der Waals surface area contributed by atoms with Gasteiger partial charge in [-0.1, -0.05) is 18.2 Å². The molecule has 6 nitrogen and oxygen atoms in total. The van der Waals surface area contributed by atoms with Gasteiger partial charge in [0.25, 0.3) is 0 Å². The first-order chi connectivity index (χ1) is 10.7. The third-order valence-corrected chi connectivity index (χ3v) is 3.47. The van der Waals surface area contributed by atoms with Crippen molar-refractivity contribution in [3.05, 3.63) is 60.0 Å². The molecule has 3 aromatic rings. The summed E-state index contributed by atoms with van der Waals surface area (Å²) in [7, 11) is 0. The maximum absolute atomic E-state index is 11.2. The highest BCUT2D eigenvalue weighted by Crippen LogP contribution is 2.17. The molecule has 0 saturated heterocycles. The fourth-order valence-electron chi connectivity index (χ4n) is 2.31. The van der Waals surface area contributed by atoms with Crippen LogP contribution < -0.4 is 0 Å². The maximum Gasteiger partial charge on any atom is 0.336 e. The number of aromatic carboxylic acids is 1. The molecule has 0 unspecified atom stereocenters. The first-order valence-electron chi connectivity index (χ1n) is 7.05. The van der Waals surface area contributed by atoms with Gasteiger partial charge in [-0.05, 0) is 24.6 Å². The SMILES string of the molecule is CCn1cc(-c2ccn(Cc3ccccc3C(=O)O)n2)cn1. The van der Waals surface area contributed by atoms with Crippen LogP contribution in [0.3, 0.4) is 0 Å². The number of benzene rings is 1. The fourth-order valence-corrected chi connectivity index (χ4v) is 2.31. The van der Waals surface area contributed by atoms with E-state index in [1.807, 2.05) is 36.1 Å². The highest BCUT2D eigenvalue weighted by atomic mass is 16.4. The molecule has 0 aliphatic rings. The molecule has 1 N–H and O–H groups in total. The van der Waals surface area contributed by atoms with Gasteiger partial charge in [0, 0.05) is 24.5 Å². The number of nitrogens with zero attached hydrogens (tertiary/aromatic N) is 4. The smallest absolute Gasteiger partial charge is 0.336 e. The van der Waals surface area contributed by atoms with Crippen molar-refractivity contribution >= 4 is 5.97 Å². The first kappa shape index (κ1) is 14.1. The molecule has 2 heterocycles. The van der Waals surface area contributed by atoms with E-state index < -0.39 is 5.97 Å². The molecule has 3 rings (SSSR count). The lowest BCUT2D eigenvalue weighted by Crippen LogP contribution is -2.07. The average Bonchev–Trinajstić information content (AvgIpc) is 3.16. The minimum absolute atomic E-state index is 0.304. The molecular weight excluding hydrogens is 280 g/mol. The van der Waals surface area contributed by atoms with Gasteiger partial charge in [0.05, 0.1) is 24.0 Å². The maximum atomic E-state index is 11.2. The van der Waals surface area contributed by atoms with Crippen molar-refractivity contribution in [1.82, 2.24) is 19.6 Å². The Morgan fingerprint density at radius 1 is 1.23 bits per heavy atom. The number of carbonyl (C=O) groups is 1. The van der Waals surface area contributed by atoms with Crippen LogP contribution in [0.1, 0.15) is 22.8 Å². The van der Waals surface area contributed by atoms with E-state index in [4.69, 9.17) is 0 Å². The predicted molar refractivity (Wildman–Crippen MR) is 81.6 cm³/mol. The molecule has 0 spiro atoms. The zero-order valence-corrected chi connectivity index (χ0v) is 12.2. The Balaban J connectivity index is 1.84. The van der Waals surface area contributed by atoms with Crippen molar-refractivity contribution in [2.24, 2.45) is 0 Å². The lowest BCUT2D eigenvalue weighted by Gasteiger charge is -2.05. The van der Waals surface area contributed by atoms with Crippen LogP contribution in [0.2, 0.25) is 0 Å².